The van der Waals surface area contributed by atoms with Crippen LogP contribution in [-0.2, 0) is 0 Å². The Morgan fingerprint density at radius 3 is 2.33 bits per heavy atom. The van der Waals surface area contributed by atoms with Gasteiger partial charge >= 0.3 is 0 Å². The molecule has 2 fully saturated rings. The Bertz CT molecular complexity index is 232. The van der Waals surface area contributed by atoms with Crippen molar-refractivity contribution in [1.29, 1.82) is 0 Å². The van der Waals surface area contributed by atoms with Gasteiger partial charge in [0.25, 0.3) is 0 Å². The zero-order valence-electron chi connectivity index (χ0n) is 12.3. The van der Waals surface area contributed by atoms with Gasteiger partial charge in [0.05, 0.1) is 0 Å². The highest BCUT2D eigenvalue weighted by Crippen LogP contribution is 2.21. The van der Waals surface area contributed by atoms with Crippen molar-refractivity contribution in [2.75, 3.05) is 32.7 Å². The summed E-state index contributed by atoms with van der Waals surface area (Å²) in [5, 5.41) is 0. The fraction of sp³-hybridized carbons (Fsp3) is 1.00. The minimum absolute atomic E-state index is 0.461. The SMILES string of the molecule is CCC(CC)CN1CCC(N2CCC(N)CC2)C1. The fourth-order valence-electron chi connectivity index (χ4n) is 3.47. The quantitative estimate of drug-likeness (QED) is 0.812. The number of likely N-dealkylation sites (tertiary alicyclic amines) is 2. The molecule has 0 aromatic rings. The van der Waals surface area contributed by atoms with E-state index in [1.165, 1.54) is 64.8 Å². The first-order valence-corrected chi connectivity index (χ1v) is 7.94. The second-order valence-corrected chi connectivity index (χ2v) is 6.26. The van der Waals surface area contributed by atoms with E-state index < -0.39 is 0 Å². The molecule has 18 heavy (non-hydrogen) atoms. The highest BCUT2D eigenvalue weighted by atomic mass is 15.3. The average molecular weight is 253 g/mol. The lowest BCUT2D eigenvalue weighted by Crippen LogP contribution is -2.46. The van der Waals surface area contributed by atoms with Gasteiger partial charge in [0.15, 0.2) is 0 Å². The first-order chi connectivity index (χ1) is 8.72. The maximum atomic E-state index is 5.99. The van der Waals surface area contributed by atoms with Crippen molar-refractivity contribution in [2.24, 2.45) is 11.7 Å². The van der Waals surface area contributed by atoms with E-state index >= 15 is 0 Å². The van der Waals surface area contributed by atoms with Gasteiger partial charge in [-0.15, -0.1) is 0 Å². The maximum Gasteiger partial charge on any atom is 0.0235 e. The maximum absolute atomic E-state index is 5.99. The molecule has 2 heterocycles. The molecule has 0 aliphatic carbocycles. The summed E-state index contributed by atoms with van der Waals surface area (Å²) in [6, 6.07) is 1.27. The molecule has 0 spiro atoms. The number of hydrogen-bond donors (Lipinski definition) is 1. The van der Waals surface area contributed by atoms with Crippen LogP contribution in [-0.4, -0.2) is 54.6 Å². The molecule has 1 unspecified atom stereocenters. The van der Waals surface area contributed by atoms with E-state index in [0.717, 1.165) is 12.0 Å². The molecule has 0 aromatic heterocycles. The third kappa shape index (κ3) is 3.69. The summed E-state index contributed by atoms with van der Waals surface area (Å²) < 4.78 is 0. The molecule has 0 amide bonds. The van der Waals surface area contributed by atoms with Crippen molar-refractivity contribution < 1.29 is 0 Å². The number of rotatable bonds is 5. The monoisotopic (exact) mass is 253 g/mol. The second kappa shape index (κ2) is 6.88. The summed E-state index contributed by atoms with van der Waals surface area (Å²) in [6.45, 7) is 11.0. The van der Waals surface area contributed by atoms with Gasteiger partial charge in [0, 0.05) is 25.2 Å². The van der Waals surface area contributed by atoms with Gasteiger partial charge in [0.2, 0.25) is 0 Å². The Labute approximate surface area is 113 Å². The summed E-state index contributed by atoms with van der Waals surface area (Å²) in [7, 11) is 0. The Morgan fingerprint density at radius 2 is 1.72 bits per heavy atom. The van der Waals surface area contributed by atoms with Crippen LogP contribution in [0.5, 0.6) is 0 Å². The summed E-state index contributed by atoms with van der Waals surface area (Å²) in [4.78, 5) is 5.38. The van der Waals surface area contributed by atoms with Crippen molar-refractivity contribution in [1.82, 2.24) is 9.80 Å². The van der Waals surface area contributed by atoms with Crippen molar-refractivity contribution in [3.8, 4) is 0 Å². The minimum atomic E-state index is 0.461. The summed E-state index contributed by atoms with van der Waals surface area (Å²) in [6.07, 6.45) is 6.42. The smallest absolute Gasteiger partial charge is 0.0235 e. The van der Waals surface area contributed by atoms with Crippen LogP contribution < -0.4 is 5.73 Å². The minimum Gasteiger partial charge on any atom is -0.328 e. The lowest BCUT2D eigenvalue weighted by Gasteiger charge is -2.35. The van der Waals surface area contributed by atoms with Crippen molar-refractivity contribution in [3.63, 3.8) is 0 Å². The molecule has 2 aliphatic heterocycles. The van der Waals surface area contributed by atoms with Gasteiger partial charge in [-0.3, -0.25) is 4.90 Å². The van der Waals surface area contributed by atoms with E-state index in [1.54, 1.807) is 0 Å². The van der Waals surface area contributed by atoms with Gasteiger partial charge in [-0.25, -0.2) is 0 Å². The molecule has 2 rings (SSSR count). The normalized spacial score (nSPS) is 28.3. The fourth-order valence-corrected chi connectivity index (χ4v) is 3.47. The van der Waals surface area contributed by atoms with Crippen LogP contribution in [0.2, 0.25) is 0 Å². The molecular weight excluding hydrogens is 222 g/mol. The van der Waals surface area contributed by atoms with Crippen LogP contribution in [0.25, 0.3) is 0 Å². The van der Waals surface area contributed by atoms with Crippen LogP contribution in [0.15, 0.2) is 0 Å². The number of nitrogens with zero attached hydrogens (tertiary/aromatic N) is 2. The molecule has 0 bridgehead atoms. The zero-order chi connectivity index (χ0) is 13.0. The molecule has 0 aromatic carbocycles. The molecule has 3 nitrogen and oxygen atoms in total. The topological polar surface area (TPSA) is 32.5 Å². The van der Waals surface area contributed by atoms with E-state index in [0.29, 0.717) is 6.04 Å². The average Bonchev–Trinajstić information content (AvgIpc) is 2.85. The van der Waals surface area contributed by atoms with E-state index in [4.69, 9.17) is 5.73 Å². The molecular formula is C15H31N3. The standard InChI is InChI=1S/C15H31N3/c1-3-13(4-2)11-17-8-7-15(12-17)18-9-5-14(16)6-10-18/h13-15H,3-12,16H2,1-2H3. The van der Waals surface area contributed by atoms with Crippen molar-refractivity contribution in [3.05, 3.63) is 0 Å². The summed E-state index contributed by atoms with van der Waals surface area (Å²) in [5.74, 6) is 0.901. The van der Waals surface area contributed by atoms with Gasteiger partial charge in [0.1, 0.15) is 0 Å². The molecule has 2 saturated heterocycles. The van der Waals surface area contributed by atoms with Crippen LogP contribution in [0.3, 0.4) is 0 Å². The molecule has 0 saturated carbocycles. The van der Waals surface area contributed by atoms with Crippen LogP contribution in [0.1, 0.15) is 46.0 Å². The summed E-state index contributed by atoms with van der Waals surface area (Å²) >= 11 is 0. The number of piperidine rings is 1. The van der Waals surface area contributed by atoms with E-state index in [2.05, 4.69) is 23.6 Å². The Balaban J connectivity index is 1.74. The Hall–Kier alpha value is -0.120. The molecule has 0 radical (unpaired) electrons. The third-order valence-electron chi connectivity index (χ3n) is 5.01. The highest BCUT2D eigenvalue weighted by Gasteiger charge is 2.30. The van der Waals surface area contributed by atoms with E-state index in [-0.39, 0.29) is 0 Å². The molecule has 3 heteroatoms. The van der Waals surface area contributed by atoms with Gasteiger partial charge in [-0.2, -0.15) is 0 Å². The zero-order valence-corrected chi connectivity index (χ0v) is 12.3. The predicted octanol–water partition coefficient (Wildman–Crippen LogP) is 1.92. The number of nitrogens with two attached hydrogens (primary N) is 1. The largest absolute Gasteiger partial charge is 0.328 e. The lowest BCUT2D eigenvalue weighted by molar-refractivity contribution is 0.149. The second-order valence-electron chi connectivity index (χ2n) is 6.26. The van der Waals surface area contributed by atoms with Gasteiger partial charge in [-0.05, 0) is 44.8 Å². The molecule has 2 aliphatic rings. The first kappa shape index (κ1) is 14.3. The predicted molar refractivity (Wildman–Crippen MR) is 77.7 cm³/mol. The first-order valence-electron chi connectivity index (χ1n) is 7.94. The lowest BCUT2D eigenvalue weighted by atomic mass is 10.0. The van der Waals surface area contributed by atoms with Crippen molar-refractivity contribution in [2.45, 2.75) is 58.0 Å². The van der Waals surface area contributed by atoms with Crippen LogP contribution in [0, 0.1) is 5.92 Å². The Morgan fingerprint density at radius 1 is 1.06 bits per heavy atom. The molecule has 106 valence electrons. The number of hydrogen-bond acceptors (Lipinski definition) is 3. The molecule has 2 N–H and O–H groups in total. The highest BCUT2D eigenvalue weighted by molar-refractivity contribution is 4.87. The summed E-state index contributed by atoms with van der Waals surface area (Å²) in [5.41, 5.74) is 5.99. The van der Waals surface area contributed by atoms with Gasteiger partial charge in [-0.1, -0.05) is 26.7 Å². The third-order valence-corrected chi connectivity index (χ3v) is 5.01. The van der Waals surface area contributed by atoms with Crippen LogP contribution in [0.4, 0.5) is 0 Å². The van der Waals surface area contributed by atoms with E-state index in [9.17, 15) is 0 Å². The Kier molecular flexibility index (Phi) is 5.46. The van der Waals surface area contributed by atoms with Crippen LogP contribution >= 0.6 is 0 Å². The molecule has 1 atom stereocenters. The van der Waals surface area contributed by atoms with Crippen molar-refractivity contribution >= 4 is 0 Å². The van der Waals surface area contributed by atoms with Gasteiger partial charge < -0.3 is 10.6 Å². The van der Waals surface area contributed by atoms with E-state index in [1.807, 2.05) is 0 Å².